The van der Waals surface area contributed by atoms with Crippen LogP contribution in [0.25, 0.3) is 0 Å². The molecule has 8 aliphatic rings. The molecule has 4 aliphatic carbocycles. The maximum Gasteiger partial charge on any atom is 0.302 e. The van der Waals surface area contributed by atoms with Crippen molar-refractivity contribution in [3.05, 3.63) is 70.8 Å². The predicted octanol–water partition coefficient (Wildman–Crippen LogP) is 10.0. The molecule has 10 rings (SSSR count). The molecule has 3 spiro atoms. The van der Waals surface area contributed by atoms with Gasteiger partial charge in [0.05, 0.1) is 6.10 Å². The number of aryl methyl sites for hydroxylation is 1. The molecule has 64 heavy (non-hydrogen) atoms. The molecule has 10 nitrogen and oxygen atoms in total. The standard InChI is InChI=1S/C52H72N4O6S2/c1-36(57)61-43-18-17-38-29-40(46(60)47-45(38)39-19-25-51(62-47)23-11-15-41(51)30-39)34-56-35-49(33-44(56)59,32-37-13-5-4-6-14-37)26-27-54-48(53)55-52(24-12-22-50(52)20-8-9-21-50)64-63-28-10-3-2-7-16-42(58)31-43/h4-6,13-14,19,25,29,39,41-43,58,60H,2-3,7-12,15-18,20-24,26-28,30-35H2,1H3,(H3,53,54,55). The van der Waals surface area contributed by atoms with Crippen LogP contribution < -0.4 is 15.8 Å². The summed E-state index contributed by atoms with van der Waals surface area (Å²) in [5.41, 5.74) is 10.3. The second-order valence-electron chi connectivity index (χ2n) is 20.8. The molecule has 6 bridgehead atoms. The maximum absolute atomic E-state index is 14.4. The first kappa shape index (κ1) is 45.8. The van der Waals surface area contributed by atoms with Gasteiger partial charge < -0.3 is 35.6 Å². The van der Waals surface area contributed by atoms with E-state index in [1.165, 1.54) is 51.0 Å². The highest BCUT2D eigenvalue weighted by atomic mass is 33.1. The molecule has 3 saturated carbocycles. The molecule has 12 heteroatoms. The average molecular weight is 913 g/mol. The molecular formula is C52H72N4O6S2. The van der Waals surface area contributed by atoms with Crippen molar-refractivity contribution in [3.63, 3.8) is 0 Å². The predicted molar refractivity (Wildman–Crippen MR) is 257 cm³/mol. The van der Waals surface area contributed by atoms with Crippen LogP contribution in [0.2, 0.25) is 0 Å². The topological polar surface area (TPSA) is 147 Å². The van der Waals surface area contributed by atoms with Gasteiger partial charge in [-0.2, -0.15) is 0 Å². The van der Waals surface area contributed by atoms with E-state index in [2.05, 4.69) is 47.8 Å². The molecule has 348 valence electrons. The number of carbonyl (C=O) groups excluding carboxylic acids is 2. The van der Waals surface area contributed by atoms with E-state index in [4.69, 9.17) is 20.2 Å². The summed E-state index contributed by atoms with van der Waals surface area (Å²) in [7, 11) is 3.98. The van der Waals surface area contributed by atoms with Crippen LogP contribution in [0.1, 0.15) is 164 Å². The molecule has 7 unspecified atom stereocenters. The van der Waals surface area contributed by atoms with Gasteiger partial charge in [-0.05, 0) is 120 Å². The minimum absolute atomic E-state index is 0.0711. The van der Waals surface area contributed by atoms with Crippen LogP contribution in [-0.2, 0) is 33.7 Å². The number of nitrogens with zero attached hydrogens (tertiary/aromatic N) is 2. The molecule has 7 atom stereocenters. The Hall–Kier alpha value is -3.35. The highest BCUT2D eigenvalue weighted by Crippen LogP contribution is 2.63. The fraction of sp³-hybridized carbons (Fsp3) is 0.673. The van der Waals surface area contributed by atoms with Gasteiger partial charge in [0.25, 0.3) is 0 Å². The minimum Gasteiger partial charge on any atom is -0.504 e. The Bertz CT molecular complexity index is 2050. The Morgan fingerprint density at radius 3 is 2.61 bits per heavy atom. The van der Waals surface area contributed by atoms with Gasteiger partial charge in [-0.15, -0.1) is 0 Å². The number of esters is 1. The molecule has 0 aromatic heterocycles. The molecule has 5 N–H and O–H groups in total. The largest absolute Gasteiger partial charge is 0.504 e. The summed E-state index contributed by atoms with van der Waals surface area (Å²) < 4.78 is 13.0. The molecule has 4 heterocycles. The number of aliphatic hydroxyl groups is 1. The van der Waals surface area contributed by atoms with Gasteiger partial charge in [0, 0.05) is 78.9 Å². The van der Waals surface area contributed by atoms with Crippen molar-refractivity contribution in [1.29, 1.82) is 0 Å². The zero-order valence-electron chi connectivity index (χ0n) is 38.1. The van der Waals surface area contributed by atoms with E-state index in [1.54, 1.807) is 0 Å². The van der Waals surface area contributed by atoms with E-state index in [-0.39, 0.29) is 45.8 Å². The molecule has 0 radical (unpaired) electrons. The van der Waals surface area contributed by atoms with Crippen molar-refractivity contribution in [3.8, 4) is 11.5 Å². The number of amides is 1. The van der Waals surface area contributed by atoms with Gasteiger partial charge in [-0.3, -0.25) is 14.6 Å². The van der Waals surface area contributed by atoms with E-state index in [0.717, 1.165) is 81.1 Å². The molecule has 1 saturated heterocycles. The van der Waals surface area contributed by atoms with Crippen LogP contribution in [0.3, 0.4) is 0 Å². The Morgan fingerprint density at radius 2 is 1.78 bits per heavy atom. The second-order valence-corrected chi connectivity index (χ2v) is 23.5. The number of aromatic hydroxyl groups is 1. The Kier molecular flexibility index (Phi) is 13.9. The minimum atomic E-state index is -0.568. The van der Waals surface area contributed by atoms with Gasteiger partial charge in [-0.1, -0.05) is 90.1 Å². The lowest BCUT2D eigenvalue weighted by molar-refractivity contribution is -0.148. The number of aliphatic imine (C=N–C) groups is 1. The number of phenolic OH excluding ortho intramolecular Hbond substituents is 1. The molecule has 2 aromatic carbocycles. The number of rotatable bonds is 3. The monoisotopic (exact) mass is 912 g/mol. The van der Waals surface area contributed by atoms with E-state index in [9.17, 15) is 19.8 Å². The molecule has 4 aliphatic heterocycles. The van der Waals surface area contributed by atoms with Gasteiger partial charge in [0.1, 0.15) is 16.6 Å². The Labute approximate surface area is 389 Å². The highest BCUT2D eigenvalue weighted by Gasteiger charge is 2.57. The summed E-state index contributed by atoms with van der Waals surface area (Å²) >= 11 is 0. The number of aliphatic hydroxyl groups excluding tert-OH is 1. The number of hydrogen-bond acceptors (Lipinski definition) is 11. The summed E-state index contributed by atoms with van der Waals surface area (Å²) in [5, 5.41) is 27.5. The fourth-order valence-electron chi connectivity index (χ4n) is 13.3. The van der Waals surface area contributed by atoms with Crippen molar-refractivity contribution in [1.82, 2.24) is 10.2 Å². The van der Waals surface area contributed by atoms with Crippen LogP contribution in [0.5, 0.6) is 11.5 Å². The average Bonchev–Trinajstić information content (AvgIpc) is 4.02. The lowest BCUT2D eigenvalue weighted by Crippen LogP contribution is -2.55. The van der Waals surface area contributed by atoms with Crippen molar-refractivity contribution in [2.24, 2.45) is 27.5 Å². The van der Waals surface area contributed by atoms with Gasteiger partial charge in [0.15, 0.2) is 17.5 Å². The van der Waals surface area contributed by atoms with E-state index < -0.39 is 17.8 Å². The number of guanidine groups is 1. The molecule has 2 aromatic rings. The number of benzene rings is 2. The number of carbonyl (C=O) groups is 2. The third-order valence-corrected chi connectivity index (χ3v) is 19.7. The number of phenols is 1. The van der Waals surface area contributed by atoms with Crippen molar-refractivity contribution in [2.45, 2.75) is 183 Å². The third-order valence-electron chi connectivity index (χ3n) is 16.4. The normalized spacial score (nSPS) is 33.6. The first-order valence-corrected chi connectivity index (χ1v) is 27.1. The Morgan fingerprint density at radius 1 is 0.969 bits per heavy atom. The van der Waals surface area contributed by atoms with E-state index >= 15 is 0 Å². The first-order chi connectivity index (χ1) is 31.0. The first-order valence-electron chi connectivity index (χ1n) is 24.8. The molecule has 4 fully saturated rings. The van der Waals surface area contributed by atoms with Gasteiger partial charge >= 0.3 is 5.97 Å². The van der Waals surface area contributed by atoms with Crippen molar-refractivity contribution in [2.75, 3.05) is 18.8 Å². The lowest BCUT2D eigenvalue weighted by atomic mass is 9.75. The summed E-state index contributed by atoms with van der Waals surface area (Å²) in [6.07, 6.45) is 24.3. The van der Waals surface area contributed by atoms with E-state index in [1.807, 2.05) is 32.6 Å². The number of allylic oxidation sites excluding steroid dienone is 1. The summed E-state index contributed by atoms with van der Waals surface area (Å²) in [6.45, 7) is 2.77. The van der Waals surface area contributed by atoms with Crippen molar-refractivity contribution >= 4 is 39.4 Å². The highest BCUT2D eigenvalue weighted by molar-refractivity contribution is 8.77. The van der Waals surface area contributed by atoms with E-state index in [0.29, 0.717) is 74.8 Å². The van der Waals surface area contributed by atoms with Gasteiger partial charge in [0.2, 0.25) is 5.91 Å². The van der Waals surface area contributed by atoms with Crippen LogP contribution in [0.4, 0.5) is 0 Å². The van der Waals surface area contributed by atoms with Crippen LogP contribution in [-0.4, -0.2) is 74.5 Å². The lowest BCUT2D eigenvalue weighted by Gasteiger charge is -2.44. The summed E-state index contributed by atoms with van der Waals surface area (Å²) in [6, 6.07) is 12.6. The number of nitrogens with two attached hydrogens (primary N) is 1. The SMILES string of the molecule is CC(=O)OC1CCc2cc(c(O)c3c2C2C=CC4(CCCC4C2)O3)CN2CC(Cc3ccccc3)(CCN=C(N)NC3(CCCC34CCCC4)SSCCCCCCC(O)C1)CC2=O. The quantitative estimate of drug-likeness (QED) is 0.133. The van der Waals surface area contributed by atoms with Crippen LogP contribution >= 0.6 is 21.6 Å². The van der Waals surface area contributed by atoms with Crippen molar-refractivity contribution < 1.29 is 29.3 Å². The zero-order valence-corrected chi connectivity index (χ0v) is 39.8. The number of fused-ring (bicyclic) bond motifs is 5. The molecule has 1 amide bonds. The van der Waals surface area contributed by atoms with Crippen LogP contribution in [0.15, 0.2) is 53.5 Å². The summed E-state index contributed by atoms with van der Waals surface area (Å²) in [5.74, 6) is 2.47. The van der Waals surface area contributed by atoms with Crippen LogP contribution in [0, 0.1) is 16.7 Å². The zero-order chi connectivity index (χ0) is 44.4. The van der Waals surface area contributed by atoms with Gasteiger partial charge in [-0.25, -0.2) is 0 Å². The number of hydrogen-bond donors (Lipinski definition) is 4. The number of ether oxygens (including phenoxy) is 2. The molecular weight excluding hydrogens is 841 g/mol. The smallest absolute Gasteiger partial charge is 0.302 e. The second kappa shape index (κ2) is 19.5. The maximum atomic E-state index is 14.4. The summed E-state index contributed by atoms with van der Waals surface area (Å²) in [4.78, 5) is 33.7. The number of nitrogens with one attached hydrogen (secondary N) is 1. The third kappa shape index (κ3) is 9.58. The Balaban J connectivity index is 1.04. The fourth-order valence-corrected chi connectivity index (χ4v) is 16.9.